The molecule has 1 aliphatic heterocycles. The van der Waals surface area contributed by atoms with Crippen LogP contribution in [0.25, 0.3) is 0 Å². The molecule has 1 N–H and O–H groups in total. The monoisotopic (exact) mass is 297 g/mol. The van der Waals surface area contributed by atoms with Gasteiger partial charge in [0, 0.05) is 19.1 Å². The van der Waals surface area contributed by atoms with Crippen LogP contribution in [0.5, 0.6) is 0 Å². The average molecular weight is 298 g/mol. The lowest BCUT2D eigenvalue weighted by molar-refractivity contribution is 0.0856. The van der Waals surface area contributed by atoms with Crippen molar-refractivity contribution in [3.8, 4) is 0 Å². The summed E-state index contributed by atoms with van der Waals surface area (Å²) in [6.45, 7) is 15.4. The van der Waals surface area contributed by atoms with Crippen LogP contribution < -0.4 is 5.32 Å². The summed E-state index contributed by atoms with van der Waals surface area (Å²) in [5.41, 5.74) is 0.437. The molecule has 0 aliphatic carbocycles. The van der Waals surface area contributed by atoms with E-state index in [2.05, 4.69) is 56.9 Å². The number of nitrogens with zero attached hydrogens (tertiary/aromatic N) is 2. The summed E-state index contributed by atoms with van der Waals surface area (Å²) in [4.78, 5) is 5.11. The van der Waals surface area contributed by atoms with Gasteiger partial charge in [-0.1, -0.05) is 27.7 Å². The largest absolute Gasteiger partial charge is 0.316 e. The quantitative estimate of drug-likeness (QED) is 0.705. The van der Waals surface area contributed by atoms with Crippen molar-refractivity contribution in [2.75, 3.05) is 46.8 Å². The molecule has 21 heavy (non-hydrogen) atoms. The zero-order chi connectivity index (χ0) is 15.9. The van der Waals surface area contributed by atoms with E-state index in [-0.39, 0.29) is 0 Å². The predicted molar refractivity (Wildman–Crippen MR) is 93.9 cm³/mol. The van der Waals surface area contributed by atoms with E-state index in [1.165, 1.54) is 45.3 Å². The summed E-state index contributed by atoms with van der Waals surface area (Å²) in [6, 6.07) is 0.781. The standard InChI is InChI=1S/C18H39N3/c1-7-18(8-2,14-19-13-16(3)4)15-21(6)17-9-11-20(5)12-10-17/h16-17,19H,7-15H2,1-6H3. The molecule has 0 aromatic heterocycles. The number of hydrogen-bond donors (Lipinski definition) is 1. The predicted octanol–water partition coefficient (Wildman–Crippen LogP) is 3.06. The van der Waals surface area contributed by atoms with Gasteiger partial charge in [0.2, 0.25) is 0 Å². The Labute approximate surface area is 133 Å². The van der Waals surface area contributed by atoms with Gasteiger partial charge in [0.05, 0.1) is 0 Å². The van der Waals surface area contributed by atoms with Crippen molar-refractivity contribution in [3.05, 3.63) is 0 Å². The molecule has 0 amide bonds. The number of piperidine rings is 1. The summed E-state index contributed by atoms with van der Waals surface area (Å²) < 4.78 is 0. The van der Waals surface area contributed by atoms with Crippen molar-refractivity contribution >= 4 is 0 Å². The Morgan fingerprint density at radius 2 is 1.76 bits per heavy atom. The van der Waals surface area contributed by atoms with Crippen LogP contribution in [0.4, 0.5) is 0 Å². The molecule has 1 aliphatic rings. The molecule has 1 saturated heterocycles. The summed E-state index contributed by atoms with van der Waals surface area (Å²) in [5.74, 6) is 0.739. The molecule has 0 spiro atoms. The highest BCUT2D eigenvalue weighted by Gasteiger charge is 2.30. The first-order chi connectivity index (χ1) is 9.92. The summed E-state index contributed by atoms with van der Waals surface area (Å²) in [7, 11) is 4.59. The first-order valence-electron chi connectivity index (χ1n) is 9.02. The van der Waals surface area contributed by atoms with Crippen molar-refractivity contribution in [1.29, 1.82) is 0 Å². The van der Waals surface area contributed by atoms with Crippen LogP contribution in [0.3, 0.4) is 0 Å². The first-order valence-corrected chi connectivity index (χ1v) is 9.02. The molecule has 1 rings (SSSR count). The smallest absolute Gasteiger partial charge is 0.0117 e. The van der Waals surface area contributed by atoms with E-state index in [4.69, 9.17) is 0 Å². The Morgan fingerprint density at radius 3 is 2.24 bits per heavy atom. The molecule has 0 unspecified atom stereocenters. The lowest BCUT2D eigenvalue weighted by Crippen LogP contribution is -2.49. The lowest BCUT2D eigenvalue weighted by atomic mass is 9.81. The number of likely N-dealkylation sites (tertiary alicyclic amines) is 1. The third kappa shape index (κ3) is 6.25. The number of nitrogens with one attached hydrogen (secondary N) is 1. The van der Waals surface area contributed by atoms with Gasteiger partial charge in [0.25, 0.3) is 0 Å². The maximum absolute atomic E-state index is 3.71. The van der Waals surface area contributed by atoms with Crippen LogP contribution in [-0.2, 0) is 0 Å². The Balaban J connectivity index is 2.51. The van der Waals surface area contributed by atoms with Gasteiger partial charge >= 0.3 is 0 Å². The van der Waals surface area contributed by atoms with Gasteiger partial charge in [-0.2, -0.15) is 0 Å². The molecule has 0 aromatic rings. The maximum atomic E-state index is 3.71. The van der Waals surface area contributed by atoms with E-state index in [0.29, 0.717) is 5.41 Å². The Kier molecular flexibility index (Phi) is 8.22. The summed E-state index contributed by atoms with van der Waals surface area (Å²) in [5, 5.41) is 3.71. The minimum Gasteiger partial charge on any atom is -0.316 e. The fourth-order valence-electron chi connectivity index (χ4n) is 3.50. The molecule has 126 valence electrons. The highest BCUT2D eigenvalue weighted by Crippen LogP contribution is 2.28. The normalized spacial score (nSPS) is 18.9. The molecule has 0 aromatic carbocycles. The van der Waals surface area contributed by atoms with Crippen molar-refractivity contribution in [2.24, 2.45) is 11.3 Å². The zero-order valence-corrected chi connectivity index (χ0v) is 15.4. The van der Waals surface area contributed by atoms with E-state index >= 15 is 0 Å². The minimum atomic E-state index is 0.437. The van der Waals surface area contributed by atoms with Gasteiger partial charge in [-0.3, -0.25) is 0 Å². The van der Waals surface area contributed by atoms with Crippen LogP contribution in [0, 0.1) is 11.3 Å². The Hall–Kier alpha value is -0.120. The fourth-order valence-corrected chi connectivity index (χ4v) is 3.50. The van der Waals surface area contributed by atoms with Crippen LogP contribution in [0.1, 0.15) is 53.4 Å². The summed E-state index contributed by atoms with van der Waals surface area (Å²) >= 11 is 0. The molecule has 3 nitrogen and oxygen atoms in total. The van der Waals surface area contributed by atoms with Gasteiger partial charge in [0.15, 0.2) is 0 Å². The number of hydrogen-bond acceptors (Lipinski definition) is 3. The van der Waals surface area contributed by atoms with Crippen LogP contribution in [0.15, 0.2) is 0 Å². The van der Waals surface area contributed by atoms with Crippen molar-refractivity contribution in [1.82, 2.24) is 15.1 Å². The second-order valence-electron chi connectivity index (χ2n) is 7.68. The average Bonchev–Trinajstić information content (AvgIpc) is 2.46. The van der Waals surface area contributed by atoms with Gasteiger partial charge in [-0.15, -0.1) is 0 Å². The van der Waals surface area contributed by atoms with E-state index < -0.39 is 0 Å². The third-order valence-corrected chi connectivity index (χ3v) is 5.45. The van der Waals surface area contributed by atoms with Crippen molar-refractivity contribution in [2.45, 2.75) is 59.4 Å². The van der Waals surface area contributed by atoms with Gasteiger partial charge in [-0.05, 0) is 70.7 Å². The fraction of sp³-hybridized carbons (Fsp3) is 1.00. The third-order valence-electron chi connectivity index (χ3n) is 5.45. The van der Waals surface area contributed by atoms with Crippen LogP contribution >= 0.6 is 0 Å². The molecule has 3 heteroatoms. The van der Waals surface area contributed by atoms with Crippen LogP contribution in [-0.4, -0.2) is 62.7 Å². The SMILES string of the molecule is CCC(CC)(CNCC(C)C)CN(C)C1CCN(C)CC1. The first kappa shape index (κ1) is 18.9. The Morgan fingerprint density at radius 1 is 1.19 bits per heavy atom. The van der Waals surface area contributed by atoms with E-state index in [1.54, 1.807) is 0 Å². The molecule has 0 atom stereocenters. The molecule has 0 radical (unpaired) electrons. The van der Waals surface area contributed by atoms with Gasteiger partial charge in [-0.25, -0.2) is 0 Å². The minimum absolute atomic E-state index is 0.437. The van der Waals surface area contributed by atoms with Crippen LogP contribution in [0.2, 0.25) is 0 Å². The van der Waals surface area contributed by atoms with Crippen molar-refractivity contribution in [3.63, 3.8) is 0 Å². The van der Waals surface area contributed by atoms with Crippen molar-refractivity contribution < 1.29 is 0 Å². The molecule has 0 bridgehead atoms. The van der Waals surface area contributed by atoms with Gasteiger partial charge < -0.3 is 15.1 Å². The number of rotatable bonds is 9. The van der Waals surface area contributed by atoms with E-state index in [9.17, 15) is 0 Å². The Bertz CT molecular complexity index is 266. The lowest BCUT2D eigenvalue weighted by Gasteiger charge is -2.41. The molecular formula is C18H39N3. The zero-order valence-electron chi connectivity index (χ0n) is 15.4. The second-order valence-corrected chi connectivity index (χ2v) is 7.68. The van der Waals surface area contributed by atoms with Gasteiger partial charge in [0.1, 0.15) is 0 Å². The van der Waals surface area contributed by atoms with E-state index in [0.717, 1.165) is 25.0 Å². The maximum Gasteiger partial charge on any atom is 0.0117 e. The van der Waals surface area contributed by atoms with E-state index in [1.807, 2.05) is 0 Å². The highest BCUT2D eigenvalue weighted by molar-refractivity contribution is 4.86. The highest BCUT2D eigenvalue weighted by atomic mass is 15.2. The summed E-state index contributed by atoms with van der Waals surface area (Å²) in [6.07, 6.45) is 5.20. The molecule has 1 fully saturated rings. The molecular weight excluding hydrogens is 258 g/mol. The topological polar surface area (TPSA) is 18.5 Å². The molecule has 0 saturated carbocycles. The second kappa shape index (κ2) is 9.12. The molecule has 1 heterocycles.